The van der Waals surface area contributed by atoms with E-state index < -0.39 is 0 Å². The summed E-state index contributed by atoms with van der Waals surface area (Å²) < 4.78 is 11.4. The summed E-state index contributed by atoms with van der Waals surface area (Å²) in [6, 6.07) is 21.1. The molecule has 0 amide bonds. The van der Waals surface area contributed by atoms with Crippen molar-refractivity contribution in [1.82, 2.24) is 15.3 Å². The summed E-state index contributed by atoms with van der Waals surface area (Å²) in [6.07, 6.45) is 1.52. The second kappa shape index (κ2) is 12.3. The second-order valence-corrected chi connectivity index (χ2v) is 9.20. The highest BCUT2D eigenvalue weighted by Gasteiger charge is 2.15. The van der Waals surface area contributed by atoms with Gasteiger partial charge in [-0.15, -0.1) is 0 Å². The largest absolute Gasteiger partial charge is 0.500 e. The fourth-order valence-corrected chi connectivity index (χ4v) is 4.42. The number of piperazine rings is 1. The highest BCUT2D eigenvalue weighted by molar-refractivity contribution is 6.33. The molecule has 1 aromatic heterocycles. The van der Waals surface area contributed by atoms with Crippen molar-refractivity contribution in [3.05, 3.63) is 94.9 Å². The Morgan fingerprint density at radius 3 is 2.54 bits per heavy atom. The van der Waals surface area contributed by atoms with Gasteiger partial charge in [-0.05, 0) is 42.5 Å². The molecule has 1 aliphatic heterocycles. The minimum Gasteiger partial charge on any atom is -0.500 e. The lowest BCUT2D eigenvalue weighted by molar-refractivity contribution is 0.298. The second-order valence-electron chi connectivity index (χ2n) is 8.79. The molecule has 0 aliphatic carbocycles. The van der Waals surface area contributed by atoms with Gasteiger partial charge in [0, 0.05) is 48.8 Å². The van der Waals surface area contributed by atoms with Gasteiger partial charge >= 0.3 is 0 Å². The molecular weight excluding hydrogens is 514 g/mol. The molecule has 0 spiro atoms. The van der Waals surface area contributed by atoms with Gasteiger partial charge in [0.2, 0.25) is 5.95 Å². The normalized spacial score (nSPS) is 12.9. The van der Waals surface area contributed by atoms with Crippen LogP contribution in [0.2, 0.25) is 5.02 Å². The van der Waals surface area contributed by atoms with Gasteiger partial charge in [0.05, 0.1) is 19.9 Å². The van der Waals surface area contributed by atoms with Crippen molar-refractivity contribution in [1.29, 1.82) is 0 Å². The van der Waals surface area contributed by atoms with Crippen molar-refractivity contribution in [2.24, 2.45) is 0 Å². The van der Waals surface area contributed by atoms with Crippen molar-refractivity contribution >= 4 is 46.1 Å². The number of anilines is 5. The van der Waals surface area contributed by atoms with Crippen LogP contribution in [-0.4, -0.2) is 43.3 Å². The third kappa shape index (κ3) is 6.32. The van der Waals surface area contributed by atoms with E-state index in [0.717, 1.165) is 43.2 Å². The lowest BCUT2D eigenvalue weighted by Gasteiger charge is -2.29. The number of para-hydroxylation sites is 2. The average Bonchev–Trinajstić information content (AvgIpc) is 2.99. The van der Waals surface area contributed by atoms with Crippen molar-refractivity contribution in [2.75, 3.05) is 48.8 Å². The Morgan fingerprint density at radius 2 is 1.77 bits per heavy atom. The molecule has 0 unspecified atom stereocenters. The van der Waals surface area contributed by atoms with Crippen molar-refractivity contribution in [3.63, 3.8) is 0 Å². The highest BCUT2D eigenvalue weighted by Crippen LogP contribution is 2.39. The molecule has 1 saturated heterocycles. The summed E-state index contributed by atoms with van der Waals surface area (Å²) in [4.78, 5) is 14.9. The number of hydrogen-bond donors (Lipinski definition) is 3. The van der Waals surface area contributed by atoms with Crippen LogP contribution in [0.4, 0.5) is 34.5 Å². The van der Waals surface area contributed by atoms with E-state index in [4.69, 9.17) is 27.6 Å². The highest BCUT2D eigenvalue weighted by atomic mass is 35.5. The molecule has 10 heteroatoms. The first-order chi connectivity index (χ1) is 19.1. The number of methoxy groups -OCH3 is 1. The Kier molecular flexibility index (Phi) is 8.26. The van der Waals surface area contributed by atoms with E-state index in [9.17, 15) is 0 Å². The van der Waals surface area contributed by atoms with Crippen molar-refractivity contribution in [2.45, 2.75) is 6.61 Å². The Bertz CT molecular complexity index is 1470. The van der Waals surface area contributed by atoms with Crippen LogP contribution in [-0.2, 0) is 6.61 Å². The van der Waals surface area contributed by atoms with Gasteiger partial charge in [-0.25, -0.2) is 9.83 Å². The maximum atomic E-state index is 7.78. The summed E-state index contributed by atoms with van der Waals surface area (Å²) in [5.41, 5.74) is 3.76. The third-order valence-electron chi connectivity index (χ3n) is 6.29. The number of aromatic nitrogens is 2. The average molecular weight is 542 g/mol. The fourth-order valence-electron chi connectivity index (χ4n) is 4.28. The van der Waals surface area contributed by atoms with E-state index in [0.29, 0.717) is 33.9 Å². The minimum absolute atomic E-state index is 0.256. The maximum absolute atomic E-state index is 7.78. The lowest BCUT2D eigenvalue weighted by Crippen LogP contribution is -2.43. The van der Waals surface area contributed by atoms with E-state index in [2.05, 4.69) is 47.8 Å². The molecule has 4 aromatic rings. The van der Waals surface area contributed by atoms with Crippen LogP contribution < -0.4 is 30.3 Å². The molecule has 2 heterocycles. The maximum Gasteiger partial charge on any atom is 0.250 e. The predicted molar refractivity (Wildman–Crippen MR) is 155 cm³/mol. The van der Waals surface area contributed by atoms with E-state index >= 15 is 0 Å². The molecule has 0 saturated carbocycles. The van der Waals surface area contributed by atoms with Crippen LogP contribution in [0.3, 0.4) is 0 Å². The summed E-state index contributed by atoms with van der Waals surface area (Å²) in [7, 11) is 1.62. The Labute approximate surface area is 232 Å². The standard InChI is InChI=1S/C29H28ClN7O2/c1-31-27-24(7-5-9-26(27)39-19-20-6-3-4-8-25(20)38-2)35-28-23(30)18-33-29(36-28)34-21-10-12-22(13-11-21)37-16-14-32-15-17-37/h3-13,18,32H,14-17,19H2,2H3,(H2,33,34,35,36). The molecule has 0 radical (unpaired) electrons. The molecule has 0 bridgehead atoms. The topological polar surface area (TPSA) is 87.9 Å². The lowest BCUT2D eigenvalue weighted by atomic mass is 10.2. The molecule has 3 aromatic carbocycles. The van der Waals surface area contributed by atoms with Gasteiger partial charge in [0.25, 0.3) is 5.69 Å². The van der Waals surface area contributed by atoms with Crippen molar-refractivity contribution < 1.29 is 9.47 Å². The van der Waals surface area contributed by atoms with Gasteiger partial charge < -0.3 is 30.3 Å². The first kappa shape index (κ1) is 26.1. The van der Waals surface area contributed by atoms with Crippen LogP contribution >= 0.6 is 11.6 Å². The third-order valence-corrected chi connectivity index (χ3v) is 6.57. The number of hydrogen-bond acceptors (Lipinski definition) is 8. The number of nitrogens with one attached hydrogen (secondary N) is 3. The van der Waals surface area contributed by atoms with Gasteiger partial charge in [-0.3, -0.25) is 0 Å². The number of ether oxygens (including phenoxy) is 2. The molecule has 5 rings (SSSR count). The van der Waals surface area contributed by atoms with Crippen LogP contribution in [0.15, 0.2) is 72.9 Å². The Morgan fingerprint density at radius 1 is 1.00 bits per heavy atom. The summed E-state index contributed by atoms with van der Waals surface area (Å²) in [6.45, 7) is 12.0. The van der Waals surface area contributed by atoms with Crippen LogP contribution in [0.1, 0.15) is 5.56 Å². The first-order valence-corrected chi connectivity index (χ1v) is 12.9. The molecule has 3 N–H and O–H groups in total. The zero-order valence-electron chi connectivity index (χ0n) is 21.4. The smallest absolute Gasteiger partial charge is 0.250 e. The quantitative estimate of drug-likeness (QED) is 0.217. The molecule has 0 atom stereocenters. The van der Waals surface area contributed by atoms with E-state index in [-0.39, 0.29) is 6.61 Å². The number of benzene rings is 3. The van der Waals surface area contributed by atoms with E-state index in [1.54, 1.807) is 19.2 Å². The van der Waals surface area contributed by atoms with Crippen LogP contribution in [0, 0.1) is 6.57 Å². The molecule has 1 fully saturated rings. The SMILES string of the molecule is [C-]#[N+]c1c(Nc2nc(Nc3ccc(N4CCNCC4)cc3)ncc2Cl)cccc1OCc1ccccc1OC. The summed E-state index contributed by atoms with van der Waals surface area (Å²) >= 11 is 6.42. The van der Waals surface area contributed by atoms with Gasteiger partial charge in [-0.1, -0.05) is 35.9 Å². The number of nitrogens with zero attached hydrogens (tertiary/aromatic N) is 4. The molecule has 1 aliphatic rings. The van der Waals surface area contributed by atoms with Gasteiger partial charge in [0.1, 0.15) is 23.1 Å². The fraction of sp³-hybridized carbons (Fsp3) is 0.207. The van der Waals surface area contributed by atoms with Crippen LogP contribution in [0.5, 0.6) is 11.5 Å². The zero-order valence-corrected chi connectivity index (χ0v) is 22.2. The number of halogens is 1. The predicted octanol–water partition coefficient (Wildman–Crippen LogP) is 6.17. The Hall–Kier alpha value is -4.52. The number of rotatable bonds is 9. The van der Waals surface area contributed by atoms with Gasteiger partial charge in [-0.2, -0.15) is 4.98 Å². The van der Waals surface area contributed by atoms with Crippen molar-refractivity contribution in [3.8, 4) is 11.5 Å². The molecular formula is C29H28ClN7O2. The van der Waals surface area contributed by atoms with E-state index in [1.807, 2.05) is 42.5 Å². The van der Waals surface area contributed by atoms with Crippen LogP contribution in [0.25, 0.3) is 4.85 Å². The summed E-state index contributed by atoms with van der Waals surface area (Å²) in [5.74, 6) is 1.92. The van der Waals surface area contributed by atoms with Gasteiger partial charge in [0.15, 0.2) is 5.82 Å². The van der Waals surface area contributed by atoms with E-state index in [1.165, 1.54) is 11.9 Å². The molecule has 39 heavy (non-hydrogen) atoms. The monoisotopic (exact) mass is 541 g/mol. The zero-order chi connectivity index (χ0) is 27.0. The molecule has 9 nitrogen and oxygen atoms in total. The Balaban J connectivity index is 1.30. The first-order valence-electron chi connectivity index (χ1n) is 12.5. The minimum atomic E-state index is 0.256. The molecule has 198 valence electrons. The summed E-state index contributed by atoms with van der Waals surface area (Å²) in [5, 5.41) is 10.1.